The van der Waals surface area contributed by atoms with Crippen LogP contribution in [0.1, 0.15) is 6.92 Å². The number of H-pyrrole nitrogens is 1. The normalized spacial score (nSPS) is 10.2. The summed E-state index contributed by atoms with van der Waals surface area (Å²) in [6, 6.07) is 5.82. The van der Waals surface area contributed by atoms with Gasteiger partial charge in [-0.25, -0.2) is 0 Å². The van der Waals surface area contributed by atoms with E-state index in [1.54, 1.807) is 13.1 Å². The van der Waals surface area contributed by atoms with Gasteiger partial charge in [0.05, 0.1) is 17.5 Å². The van der Waals surface area contributed by atoms with Gasteiger partial charge in [0.2, 0.25) is 0 Å². The maximum absolute atomic E-state index is 7.27. The van der Waals surface area contributed by atoms with Crippen LogP contribution in [0.25, 0.3) is 10.9 Å². The molecule has 1 heterocycles. The Morgan fingerprint density at radius 2 is 2.38 bits per heavy atom. The van der Waals surface area contributed by atoms with Crippen LogP contribution in [-0.4, -0.2) is 16.0 Å². The molecule has 0 unspecified atom stereocenters. The van der Waals surface area contributed by atoms with E-state index in [0.717, 1.165) is 16.6 Å². The first kappa shape index (κ1) is 7.79. The average molecular weight is 174 g/mol. The van der Waals surface area contributed by atoms with Gasteiger partial charge in [-0.3, -0.25) is 10.5 Å². The second-order valence-corrected chi connectivity index (χ2v) is 2.92. The first-order valence-electron chi connectivity index (χ1n) is 4.01. The van der Waals surface area contributed by atoms with E-state index in [-0.39, 0.29) is 0 Å². The number of amidine groups is 1. The van der Waals surface area contributed by atoms with Gasteiger partial charge in [0.25, 0.3) is 0 Å². The average Bonchev–Trinajstić information content (AvgIpc) is 2.49. The quantitative estimate of drug-likeness (QED) is 0.457. The van der Waals surface area contributed by atoms with Gasteiger partial charge in [-0.1, -0.05) is 0 Å². The molecule has 13 heavy (non-hydrogen) atoms. The highest BCUT2D eigenvalue weighted by molar-refractivity contribution is 5.93. The van der Waals surface area contributed by atoms with Crippen molar-refractivity contribution in [2.75, 3.05) is 5.32 Å². The van der Waals surface area contributed by atoms with Crippen molar-refractivity contribution in [2.24, 2.45) is 0 Å². The first-order valence-corrected chi connectivity index (χ1v) is 4.01. The van der Waals surface area contributed by atoms with Crippen LogP contribution in [-0.2, 0) is 0 Å². The van der Waals surface area contributed by atoms with Gasteiger partial charge >= 0.3 is 0 Å². The number of benzene rings is 1. The van der Waals surface area contributed by atoms with E-state index >= 15 is 0 Å². The molecule has 0 spiro atoms. The summed E-state index contributed by atoms with van der Waals surface area (Å²) in [4.78, 5) is 0. The third-order valence-corrected chi connectivity index (χ3v) is 1.77. The molecular formula is C9H10N4. The summed E-state index contributed by atoms with van der Waals surface area (Å²) in [6.07, 6.45) is 1.77. The number of nitrogens with zero attached hydrogens (tertiary/aromatic N) is 1. The van der Waals surface area contributed by atoms with Gasteiger partial charge < -0.3 is 5.32 Å². The molecule has 0 radical (unpaired) electrons. The van der Waals surface area contributed by atoms with Crippen molar-refractivity contribution < 1.29 is 0 Å². The highest BCUT2D eigenvalue weighted by Crippen LogP contribution is 2.16. The highest BCUT2D eigenvalue weighted by atomic mass is 15.1. The van der Waals surface area contributed by atoms with Crippen molar-refractivity contribution in [2.45, 2.75) is 6.92 Å². The zero-order valence-corrected chi connectivity index (χ0v) is 7.26. The van der Waals surface area contributed by atoms with Gasteiger partial charge in [0, 0.05) is 11.1 Å². The fraction of sp³-hybridized carbons (Fsp3) is 0.111. The van der Waals surface area contributed by atoms with E-state index in [1.807, 2.05) is 18.2 Å². The van der Waals surface area contributed by atoms with E-state index in [9.17, 15) is 0 Å². The molecule has 3 N–H and O–H groups in total. The minimum Gasteiger partial charge on any atom is -0.344 e. The molecule has 0 aliphatic carbocycles. The summed E-state index contributed by atoms with van der Waals surface area (Å²) in [5, 5.41) is 18.1. The Morgan fingerprint density at radius 3 is 3.15 bits per heavy atom. The van der Waals surface area contributed by atoms with Crippen molar-refractivity contribution in [1.29, 1.82) is 5.41 Å². The molecule has 1 aromatic heterocycles. The number of aromatic nitrogens is 2. The van der Waals surface area contributed by atoms with Crippen LogP contribution in [0.5, 0.6) is 0 Å². The number of nitrogens with one attached hydrogen (secondary N) is 3. The third-order valence-electron chi connectivity index (χ3n) is 1.77. The standard InChI is InChI=1S/C9H10N4/c1-6(10)12-8-3-2-7-5-11-13-9(7)4-8/h2-5H,1H3,(H2,10,12)(H,11,13). The summed E-state index contributed by atoms with van der Waals surface area (Å²) in [5.41, 5.74) is 1.88. The highest BCUT2D eigenvalue weighted by Gasteiger charge is 1.97. The molecule has 2 aromatic rings. The van der Waals surface area contributed by atoms with Gasteiger partial charge in [-0.2, -0.15) is 5.10 Å². The Labute approximate surface area is 75.5 Å². The number of anilines is 1. The molecule has 0 saturated heterocycles. The fourth-order valence-electron chi connectivity index (χ4n) is 1.23. The van der Waals surface area contributed by atoms with Crippen LogP contribution in [0, 0.1) is 5.41 Å². The van der Waals surface area contributed by atoms with E-state index in [0.29, 0.717) is 5.84 Å². The number of rotatable bonds is 1. The van der Waals surface area contributed by atoms with E-state index < -0.39 is 0 Å². The minimum atomic E-state index is 0.430. The Bertz CT molecular complexity index is 444. The molecule has 0 aliphatic heterocycles. The summed E-state index contributed by atoms with van der Waals surface area (Å²) < 4.78 is 0. The molecular weight excluding hydrogens is 164 g/mol. The maximum Gasteiger partial charge on any atom is 0.0944 e. The second kappa shape index (κ2) is 2.90. The Morgan fingerprint density at radius 1 is 1.54 bits per heavy atom. The van der Waals surface area contributed by atoms with Gasteiger partial charge in [-0.15, -0.1) is 0 Å². The molecule has 0 atom stereocenters. The number of hydrogen-bond acceptors (Lipinski definition) is 2. The van der Waals surface area contributed by atoms with E-state index in [2.05, 4.69) is 15.5 Å². The zero-order valence-electron chi connectivity index (χ0n) is 7.26. The van der Waals surface area contributed by atoms with Crippen LogP contribution in [0.4, 0.5) is 5.69 Å². The van der Waals surface area contributed by atoms with Crippen molar-refractivity contribution in [3.63, 3.8) is 0 Å². The summed E-state index contributed by atoms with van der Waals surface area (Å²) >= 11 is 0. The lowest BCUT2D eigenvalue weighted by molar-refractivity contribution is 1.12. The van der Waals surface area contributed by atoms with Crippen molar-refractivity contribution >= 4 is 22.4 Å². The van der Waals surface area contributed by atoms with Crippen LogP contribution in [0.15, 0.2) is 24.4 Å². The van der Waals surface area contributed by atoms with Crippen molar-refractivity contribution in [3.8, 4) is 0 Å². The second-order valence-electron chi connectivity index (χ2n) is 2.92. The molecule has 0 amide bonds. The SMILES string of the molecule is CC(=N)Nc1ccc2cn[nH]c2c1. The third kappa shape index (κ3) is 1.51. The van der Waals surface area contributed by atoms with E-state index in [1.165, 1.54) is 0 Å². The molecule has 1 aromatic carbocycles. The van der Waals surface area contributed by atoms with E-state index in [4.69, 9.17) is 5.41 Å². The van der Waals surface area contributed by atoms with Gasteiger partial charge in [0.15, 0.2) is 0 Å². The maximum atomic E-state index is 7.27. The van der Waals surface area contributed by atoms with Crippen LogP contribution in [0.3, 0.4) is 0 Å². The molecule has 0 bridgehead atoms. The zero-order chi connectivity index (χ0) is 9.26. The van der Waals surface area contributed by atoms with Crippen LogP contribution >= 0.6 is 0 Å². The number of fused-ring (bicyclic) bond motifs is 1. The predicted molar refractivity (Wildman–Crippen MR) is 53.1 cm³/mol. The summed E-state index contributed by atoms with van der Waals surface area (Å²) in [7, 11) is 0. The monoisotopic (exact) mass is 174 g/mol. The van der Waals surface area contributed by atoms with Crippen molar-refractivity contribution in [3.05, 3.63) is 24.4 Å². The Kier molecular flexibility index (Phi) is 1.73. The van der Waals surface area contributed by atoms with Gasteiger partial charge in [0.1, 0.15) is 0 Å². The Balaban J connectivity index is 2.42. The fourth-order valence-corrected chi connectivity index (χ4v) is 1.23. The largest absolute Gasteiger partial charge is 0.344 e. The molecule has 0 fully saturated rings. The predicted octanol–water partition coefficient (Wildman–Crippen LogP) is 1.97. The Hall–Kier alpha value is -1.84. The lowest BCUT2D eigenvalue weighted by atomic mass is 10.2. The molecule has 66 valence electrons. The molecule has 4 nitrogen and oxygen atoms in total. The molecule has 0 aliphatic rings. The number of aromatic amines is 1. The van der Waals surface area contributed by atoms with Crippen LogP contribution < -0.4 is 5.32 Å². The first-order chi connectivity index (χ1) is 6.25. The molecule has 2 rings (SSSR count). The lowest BCUT2D eigenvalue weighted by Crippen LogP contribution is -2.04. The summed E-state index contributed by atoms with van der Waals surface area (Å²) in [5.74, 6) is 0.430. The smallest absolute Gasteiger partial charge is 0.0944 e. The molecule has 4 heteroatoms. The van der Waals surface area contributed by atoms with Crippen LogP contribution in [0.2, 0.25) is 0 Å². The van der Waals surface area contributed by atoms with Crippen molar-refractivity contribution in [1.82, 2.24) is 10.2 Å². The van der Waals surface area contributed by atoms with Gasteiger partial charge in [-0.05, 0) is 25.1 Å². The topological polar surface area (TPSA) is 64.6 Å². The lowest BCUT2D eigenvalue weighted by Gasteiger charge is -2.02. The molecule has 0 saturated carbocycles. The summed E-state index contributed by atoms with van der Waals surface area (Å²) in [6.45, 7) is 1.71. The minimum absolute atomic E-state index is 0.430. The number of hydrogen-bond donors (Lipinski definition) is 3.